The number of carbonyl (C=O) groups is 1. The van der Waals surface area contributed by atoms with Crippen LogP contribution in [0.5, 0.6) is 11.5 Å². The van der Waals surface area contributed by atoms with E-state index in [4.69, 9.17) is 4.74 Å². The summed E-state index contributed by atoms with van der Waals surface area (Å²) < 4.78 is 5.40. The van der Waals surface area contributed by atoms with Crippen molar-refractivity contribution in [2.75, 3.05) is 17.7 Å². The number of nitrogens with zero attached hydrogens (tertiary/aromatic N) is 2. The third-order valence-corrected chi connectivity index (χ3v) is 4.56. The fourth-order valence-electron chi connectivity index (χ4n) is 2.33. The van der Waals surface area contributed by atoms with Crippen LogP contribution >= 0.6 is 11.8 Å². The first-order valence-electron chi connectivity index (χ1n) is 8.41. The van der Waals surface area contributed by atoms with Crippen LogP contribution in [0.25, 0.3) is 11.4 Å². The molecule has 0 aliphatic rings. The van der Waals surface area contributed by atoms with Gasteiger partial charge in [-0.3, -0.25) is 4.79 Å². The number of phenols is 1. The summed E-state index contributed by atoms with van der Waals surface area (Å²) in [6.45, 7) is 2.56. The van der Waals surface area contributed by atoms with Crippen molar-refractivity contribution in [1.29, 1.82) is 0 Å². The fourth-order valence-corrected chi connectivity index (χ4v) is 3.03. The summed E-state index contributed by atoms with van der Waals surface area (Å²) in [6.07, 6.45) is 3.09. The highest BCUT2D eigenvalue weighted by atomic mass is 32.2. The number of aromatic hydroxyl groups is 1. The summed E-state index contributed by atoms with van der Waals surface area (Å²) in [6, 6.07) is 14.3. The number of thioether (sulfide) groups is 1. The zero-order chi connectivity index (χ0) is 19.1. The van der Waals surface area contributed by atoms with E-state index >= 15 is 0 Å². The number of aromatic nitrogens is 2. The Morgan fingerprint density at radius 1 is 1.15 bits per heavy atom. The molecule has 6 nitrogen and oxygen atoms in total. The third kappa shape index (κ3) is 5.46. The van der Waals surface area contributed by atoms with Crippen LogP contribution in [-0.4, -0.2) is 33.3 Å². The first-order valence-corrected chi connectivity index (χ1v) is 9.39. The van der Waals surface area contributed by atoms with Gasteiger partial charge in [-0.2, -0.15) is 0 Å². The van der Waals surface area contributed by atoms with Gasteiger partial charge < -0.3 is 15.2 Å². The molecule has 2 N–H and O–H groups in total. The van der Waals surface area contributed by atoms with Crippen LogP contribution < -0.4 is 10.1 Å². The Labute approximate surface area is 161 Å². The van der Waals surface area contributed by atoms with E-state index in [1.807, 2.05) is 31.2 Å². The molecule has 0 aliphatic heterocycles. The summed E-state index contributed by atoms with van der Waals surface area (Å²) in [7, 11) is 0. The molecule has 2 aromatic carbocycles. The van der Waals surface area contributed by atoms with Crippen molar-refractivity contribution in [3.05, 3.63) is 60.9 Å². The zero-order valence-electron chi connectivity index (χ0n) is 14.8. The summed E-state index contributed by atoms with van der Waals surface area (Å²) in [4.78, 5) is 21.6. The number of rotatable bonds is 7. The highest BCUT2D eigenvalue weighted by Gasteiger charge is 2.07. The Hall–Kier alpha value is -3.06. The van der Waals surface area contributed by atoms with Gasteiger partial charge in [0.25, 0.3) is 0 Å². The molecule has 3 aromatic rings. The van der Waals surface area contributed by atoms with E-state index in [-0.39, 0.29) is 17.4 Å². The molecule has 3 rings (SSSR count). The Morgan fingerprint density at radius 2 is 1.89 bits per heavy atom. The lowest BCUT2D eigenvalue weighted by Gasteiger charge is -2.07. The van der Waals surface area contributed by atoms with Gasteiger partial charge in [-0.05, 0) is 43.3 Å². The second-order valence-corrected chi connectivity index (χ2v) is 6.64. The Kier molecular flexibility index (Phi) is 6.27. The number of benzene rings is 2. The normalized spacial score (nSPS) is 10.4. The Bertz CT molecular complexity index is 899. The minimum atomic E-state index is -0.136. The van der Waals surface area contributed by atoms with Gasteiger partial charge in [0.15, 0.2) is 5.82 Å². The minimum absolute atomic E-state index is 0.136. The fraction of sp³-hybridized carbons (Fsp3) is 0.150. The van der Waals surface area contributed by atoms with Crippen molar-refractivity contribution in [2.45, 2.75) is 11.8 Å². The number of nitrogens with one attached hydrogen (secondary N) is 1. The van der Waals surface area contributed by atoms with Gasteiger partial charge in [-0.1, -0.05) is 12.1 Å². The quantitative estimate of drug-likeness (QED) is 0.602. The molecule has 27 heavy (non-hydrogen) atoms. The Morgan fingerprint density at radius 3 is 2.56 bits per heavy atom. The molecule has 1 heterocycles. The molecule has 1 amide bonds. The van der Waals surface area contributed by atoms with Crippen molar-refractivity contribution in [3.8, 4) is 22.9 Å². The van der Waals surface area contributed by atoms with E-state index in [0.717, 1.165) is 10.6 Å². The van der Waals surface area contributed by atoms with Crippen LogP contribution in [0.3, 0.4) is 0 Å². The summed E-state index contributed by atoms with van der Waals surface area (Å²) >= 11 is 1.44. The lowest BCUT2D eigenvalue weighted by molar-refractivity contribution is -0.113. The van der Waals surface area contributed by atoms with E-state index in [2.05, 4.69) is 15.3 Å². The predicted octanol–water partition coefficient (Wildman–Crippen LogP) is 3.98. The van der Waals surface area contributed by atoms with E-state index in [0.29, 0.717) is 23.7 Å². The summed E-state index contributed by atoms with van der Waals surface area (Å²) in [5.74, 6) is 1.59. The van der Waals surface area contributed by atoms with E-state index in [9.17, 15) is 9.90 Å². The maximum absolute atomic E-state index is 12.1. The van der Waals surface area contributed by atoms with Gasteiger partial charge in [0, 0.05) is 10.5 Å². The van der Waals surface area contributed by atoms with E-state index < -0.39 is 0 Å². The van der Waals surface area contributed by atoms with Gasteiger partial charge in [0.05, 0.1) is 30.4 Å². The van der Waals surface area contributed by atoms with Crippen molar-refractivity contribution in [1.82, 2.24) is 9.97 Å². The standard InChI is InChI=1S/C20H19N3O3S/c1-2-26-17-6-8-18(9-7-17)27-13-19(25)23-15-11-21-20(22-12-15)14-4-3-5-16(24)10-14/h3-12,24H,2,13H2,1H3,(H,23,25). The average Bonchev–Trinajstić information content (AvgIpc) is 2.68. The topological polar surface area (TPSA) is 84.3 Å². The molecule has 0 bridgehead atoms. The average molecular weight is 381 g/mol. The molecule has 0 aliphatic carbocycles. The molecule has 0 saturated carbocycles. The number of phenolic OH excluding ortho intramolecular Hbond substituents is 1. The maximum atomic E-state index is 12.1. The molecule has 0 saturated heterocycles. The van der Waals surface area contributed by atoms with Crippen molar-refractivity contribution in [2.24, 2.45) is 0 Å². The van der Waals surface area contributed by atoms with Gasteiger partial charge in [-0.15, -0.1) is 11.8 Å². The number of carbonyl (C=O) groups excluding carboxylic acids is 1. The summed E-state index contributed by atoms with van der Waals surface area (Å²) in [5.41, 5.74) is 1.23. The number of hydrogen-bond acceptors (Lipinski definition) is 6. The molecular weight excluding hydrogens is 362 g/mol. The largest absolute Gasteiger partial charge is 0.508 e. The smallest absolute Gasteiger partial charge is 0.234 e. The highest BCUT2D eigenvalue weighted by molar-refractivity contribution is 8.00. The maximum Gasteiger partial charge on any atom is 0.234 e. The number of amides is 1. The van der Waals surface area contributed by atoms with Crippen molar-refractivity contribution in [3.63, 3.8) is 0 Å². The third-order valence-electron chi connectivity index (χ3n) is 3.54. The van der Waals surface area contributed by atoms with Gasteiger partial charge >= 0.3 is 0 Å². The van der Waals surface area contributed by atoms with Gasteiger partial charge in [0.2, 0.25) is 5.91 Å². The van der Waals surface area contributed by atoms with Crippen LogP contribution in [0, 0.1) is 0 Å². The Balaban J connectivity index is 1.53. The van der Waals surface area contributed by atoms with Crippen LogP contribution in [0.2, 0.25) is 0 Å². The molecule has 0 spiro atoms. The molecule has 7 heteroatoms. The minimum Gasteiger partial charge on any atom is -0.508 e. The predicted molar refractivity (Wildman–Crippen MR) is 106 cm³/mol. The second-order valence-electron chi connectivity index (χ2n) is 5.59. The first-order chi connectivity index (χ1) is 13.1. The monoisotopic (exact) mass is 381 g/mol. The summed E-state index contributed by atoms with van der Waals surface area (Å²) in [5, 5.41) is 12.3. The highest BCUT2D eigenvalue weighted by Crippen LogP contribution is 2.22. The SMILES string of the molecule is CCOc1ccc(SCC(=O)Nc2cnc(-c3cccc(O)c3)nc2)cc1. The molecule has 0 unspecified atom stereocenters. The van der Waals surface area contributed by atoms with E-state index in [1.54, 1.807) is 36.7 Å². The van der Waals surface area contributed by atoms with Crippen molar-refractivity contribution < 1.29 is 14.6 Å². The zero-order valence-corrected chi connectivity index (χ0v) is 15.6. The lowest BCUT2D eigenvalue weighted by Crippen LogP contribution is -2.14. The van der Waals surface area contributed by atoms with E-state index in [1.165, 1.54) is 11.8 Å². The van der Waals surface area contributed by atoms with Crippen LogP contribution in [0.4, 0.5) is 5.69 Å². The molecule has 138 valence electrons. The second kappa shape index (κ2) is 9.05. The van der Waals surface area contributed by atoms with Gasteiger partial charge in [0.1, 0.15) is 11.5 Å². The van der Waals surface area contributed by atoms with Crippen LogP contribution in [0.15, 0.2) is 65.8 Å². The molecule has 1 aromatic heterocycles. The molecule has 0 radical (unpaired) electrons. The lowest BCUT2D eigenvalue weighted by atomic mass is 10.2. The van der Waals surface area contributed by atoms with Crippen LogP contribution in [0.1, 0.15) is 6.92 Å². The van der Waals surface area contributed by atoms with Crippen molar-refractivity contribution >= 4 is 23.4 Å². The molecule has 0 fully saturated rings. The van der Waals surface area contributed by atoms with Crippen LogP contribution in [-0.2, 0) is 4.79 Å². The number of anilines is 1. The number of hydrogen-bond donors (Lipinski definition) is 2. The molecular formula is C20H19N3O3S. The first kappa shape index (κ1) is 18.7. The van der Waals surface area contributed by atoms with Gasteiger partial charge in [-0.25, -0.2) is 9.97 Å². The molecule has 0 atom stereocenters. The number of ether oxygens (including phenoxy) is 1.